The molecule has 3 heterocycles. The van der Waals surface area contributed by atoms with Crippen LogP contribution < -0.4 is 9.47 Å². The van der Waals surface area contributed by atoms with Gasteiger partial charge < -0.3 is 14.4 Å². The van der Waals surface area contributed by atoms with E-state index in [2.05, 4.69) is 0 Å². The summed E-state index contributed by atoms with van der Waals surface area (Å²) < 4.78 is 10.9. The molecule has 31 heavy (non-hydrogen) atoms. The summed E-state index contributed by atoms with van der Waals surface area (Å²) >= 11 is 1.51. The van der Waals surface area contributed by atoms with Crippen LogP contribution in [0.1, 0.15) is 22.0 Å². The second-order valence-corrected chi connectivity index (χ2v) is 8.18. The zero-order valence-corrected chi connectivity index (χ0v) is 18.1. The van der Waals surface area contributed by atoms with Crippen molar-refractivity contribution < 1.29 is 28.7 Å². The molecular formula is C21H21N3O6S. The van der Waals surface area contributed by atoms with Crippen molar-refractivity contribution in [1.82, 2.24) is 14.7 Å². The van der Waals surface area contributed by atoms with Gasteiger partial charge in [-0.15, -0.1) is 11.3 Å². The number of thiophene rings is 1. The monoisotopic (exact) mass is 443 g/mol. The number of amides is 5. The van der Waals surface area contributed by atoms with Crippen LogP contribution in [0.5, 0.6) is 11.5 Å². The van der Waals surface area contributed by atoms with Gasteiger partial charge >= 0.3 is 17.8 Å². The third-order valence-electron chi connectivity index (χ3n) is 5.55. The van der Waals surface area contributed by atoms with Gasteiger partial charge in [0.05, 0.1) is 20.3 Å². The number of likely N-dealkylation sites (N-methyl/N-ethyl adjacent to an activating group) is 1. The first-order chi connectivity index (χ1) is 14.9. The lowest BCUT2D eigenvalue weighted by Crippen LogP contribution is -2.47. The molecule has 10 heteroatoms. The van der Waals surface area contributed by atoms with Crippen molar-refractivity contribution in [2.24, 2.45) is 0 Å². The van der Waals surface area contributed by atoms with Gasteiger partial charge in [0.25, 0.3) is 0 Å². The lowest BCUT2D eigenvalue weighted by molar-refractivity contribution is -0.145. The molecule has 2 aliphatic heterocycles. The number of nitrogens with zero attached hydrogens (tertiary/aromatic N) is 3. The number of ether oxygens (including phenoxy) is 2. The number of methoxy groups -OCH3 is 2. The third-order valence-corrected chi connectivity index (χ3v) is 6.48. The van der Waals surface area contributed by atoms with Crippen molar-refractivity contribution in [2.75, 3.05) is 34.4 Å². The quantitative estimate of drug-likeness (QED) is 0.515. The van der Waals surface area contributed by atoms with Gasteiger partial charge in [-0.2, -0.15) is 0 Å². The van der Waals surface area contributed by atoms with E-state index in [4.69, 9.17) is 9.47 Å². The molecule has 1 aromatic carbocycles. The molecule has 0 unspecified atom stereocenters. The summed E-state index contributed by atoms with van der Waals surface area (Å²) in [5, 5.41) is 1.92. The molecule has 162 valence electrons. The lowest BCUT2D eigenvalue weighted by atomic mass is 9.90. The van der Waals surface area contributed by atoms with Crippen molar-refractivity contribution in [3.8, 4) is 11.5 Å². The minimum absolute atomic E-state index is 0.393. The Kier molecular flexibility index (Phi) is 5.40. The number of fused-ring (bicyclic) bond motifs is 1. The maximum Gasteiger partial charge on any atom is 0.334 e. The van der Waals surface area contributed by atoms with Gasteiger partial charge in [-0.25, -0.2) is 9.69 Å². The van der Waals surface area contributed by atoms with Crippen LogP contribution >= 0.6 is 11.3 Å². The van der Waals surface area contributed by atoms with Crippen LogP contribution in [-0.2, 0) is 20.8 Å². The van der Waals surface area contributed by atoms with Gasteiger partial charge in [0.15, 0.2) is 11.5 Å². The average molecular weight is 443 g/mol. The molecule has 1 aromatic heterocycles. The molecule has 5 amide bonds. The topological polar surface area (TPSA) is 96.5 Å². The predicted molar refractivity (Wildman–Crippen MR) is 111 cm³/mol. The number of carbonyl (C=O) groups excluding carboxylic acids is 4. The second-order valence-electron chi connectivity index (χ2n) is 7.20. The number of carbonyl (C=O) groups is 4. The van der Waals surface area contributed by atoms with Gasteiger partial charge in [-0.1, -0.05) is 6.07 Å². The van der Waals surface area contributed by atoms with Crippen LogP contribution in [0.3, 0.4) is 0 Å². The third kappa shape index (κ3) is 3.42. The van der Waals surface area contributed by atoms with Gasteiger partial charge in [0.1, 0.15) is 6.54 Å². The Hall–Kier alpha value is -3.40. The number of imide groups is 2. The van der Waals surface area contributed by atoms with E-state index in [-0.39, 0.29) is 0 Å². The Morgan fingerprint density at radius 1 is 1.13 bits per heavy atom. The summed E-state index contributed by atoms with van der Waals surface area (Å²) in [5.74, 6) is -1.18. The van der Waals surface area contributed by atoms with Crippen molar-refractivity contribution in [3.05, 3.63) is 45.6 Å². The molecule has 0 N–H and O–H groups in total. The molecule has 0 bridgehead atoms. The Morgan fingerprint density at radius 3 is 2.42 bits per heavy atom. The minimum Gasteiger partial charge on any atom is -0.493 e. The summed E-state index contributed by atoms with van der Waals surface area (Å²) in [4.78, 5) is 53.4. The normalized spacial score (nSPS) is 18.5. The summed E-state index contributed by atoms with van der Waals surface area (Å²) in [6, 6.07) is 6.42. The predicted octanol–water partition coefficient (Wildman–Crippen LogP) is 1.66. The molecule has 0 radical (unpaired) electrons. The van der Waals surface area contributed by atoms with Gasteiger partial charge in [0, 0.05) is 18.5 Å². The largest absolute Gasteiger partial charge is 0.493 e. The summed E-state index contributed by atoms with van der Waals surface area (Å²) in [5.41, 5.74) is 1.93. The second kappa shape index (κ2) is 8.03. The smallest absolute Gasteiger partial charge is 0.334 e. The highest BCUT2D eigenvalue weighted by molar-refractivity contribution is 7.10. The summed E-state index contributed by atoms with van der Waals surface area (Å²) in [6.45, 7) is -0.0951. The summed E-state index contributed by atoms with van der Waals surface area (Å²) in [6.07, 6.45) is 0.573. The van der Waals surface area contributed by atoms with E-state index in [1.165, 1.54) is 18.4 Å². The first-order valence-electron chi connectivity index (χ1n) is 9.58. The Labute approximate surface area is 182 Å². The van der Waals surface area contributed by atoms with Crippen LogP contribution in [0.4, 0.5) is 4.79 Å². The highest BCUT2D eigenvalue weighted by atomic mass is 32.1. The lowest BCUT2D eigenvalue weighted by Gasteiger charge is -2.38. The molecular weight excluding hydrogens is 422 g/mol. The van der Waals surface area contributed by atoms with Crippen LogP contribution in [0.15, 0.2) is 29.6 Å². The zero-order chi connectivity index (χ0) is 22.3. The molecule has 9 nitrogen and oxygen atoms in total. The molecule has 0 aliphatic carbocycles. The maximum absolute atomic E-state index is 13.3. The fourth-order valence-corrected chi connectivity index (χ4v) is 4.80. The molecule has 4 rings (SSSR count). The first kappa shape index (κ1) is 20.9. The van der Waals surface area contributed by atoms with Crippen molar-refractivity contribution in [3.63, 3.8) is 0 Å². The Bertz CT molecular complexity index is 1070. The number of hydrogen-bond acceptors (Lipinski definition) is 7. The molecule has 2 aromatic rings. The molecule has 0 spiro atoms. The van der Waals surface area contributed by atoms with Crippen molar-refractivity contribution in [1.29, 1.82) is 0 Å². The maximum atomic E-state index is 13.3. The van der Waals surface area contributed by atoms with Gasteiger partial charge in [-0.05, 0) is 41.1 Å². The molecule has 1 saturated heterocycles. The van der Waals surface area contributed by atoms with Crippen LogP contribution in [-0.4, -0.2) is 72.8 Å². The fraction of sp³-hybridized carbons (Fsp3) is 0.333. The Morgan fingerprint density at radius 2 is 1.84 bits per heavy atom. The van der Waals surface area contributed by atoms with Crippen molar-refractivity contribution in [2.45, 2.75) is 12.5 Å². The molecule has 1 fully saturated rings. The summed E-state index contributed by atoms with van der Waals surface area (Å²) in [7, 11) is 4.34. The number of benzene rings is 1. The number of urea groups is 1. The first-order valence-corrected chi connectivity index (χ1v) is 10.5. The standard InChI is InChI=1S/C21H21N3O6S/c1-22-19(26)20(27)24(21(22)28)11-17(25)23-7-6-12-9-14(29-2)15(30-3)10-13(12)18(23)16-5-4-8-31-16/h4-5,8-10,18H,6-7,11H2,1-3H3/t18-/m0/s1. The van der Waals surface area contributed by atoms with Crippen LogP contribution in [0.25, 0.3) is 0 Å². The van der Waals surface area contributed by atoms with E-state index in [9.17, 15) is 19.2 Å². The van der Waals surface area contributed by atoms with E-state index in [1.807, 2.05) is 29.6 Å². The van der Waals surface area contributed by atoms with Crippen LogP contribution in [0.2, 0.25) is 0 Å². The number of rotatable bonds is 5. The van der Waals surface area contributed by atoms with E-state index in [1.54, 1.807) is 19.1 Å². The zero-order valence-electron chi connectivity index (χ0n) is 17.3. The highest BCUT2D eigenvalue weighted by Gasteiger charge is 2.44. The number of hydrogen-bond donors (Lipinski definition) is 0. The van der Waals surface area contributed by atoms with Crippen molar-refractivity contribution >= 4 is 35.1 Å². The van der Waals surface area contributed by atoms with Gasteiger partial charge in [0.2, 0.25) is 5.91 Å². The van der Waals surface area contributed by atoms with E-state index >= 15 is 0 Å². The Balaban J connectivity index is 1.70. The molecule has 0 saturated carbocycles. The highest BCUT2D eigenvalue weighted by Crippen LogP contribution is 2.42. The molecule has 2 aliphatic rings. The van der Waals surface area contributed by atoms with E-state index < -0.39 is 36.3 Å². The fourth-order valence-electron chi connectivity index (χ4n) is 3.95. The molecule has 1 atom stereocenters. The van der Waals surface area contributed by atoms with Crippen LogP contribution in [0, 0.1) is 0 Å². The van der Waals surface area contributed by atoms with Gasteiger partial charge in [-0.3, -0.25) is 19.3 Å². The van der Waals surface area contributed by atoms with E-state index in [0.717, 1.165) is 20.9 Å². The average Bonchev–Trinajstić information content (AvgIpc) is 3.38. The van der Waals surface area contributed by atoms with E-state index in [0.29, 0.717) is 29.4 Å². The SMILES string of the molecule is COc1cc2c(cc1OC)[C@@H](c1cccs1)N(C(=O)CN1C(=O)C(=O)N(C)C1=O)CC2. The minimum atomic E-state index is -0.989.